The molecule has 1 aliphatic carbocycles. The molecule has 1 heterocycles. The highest BCUT2D eigenvalue weighted by atomic mass is 79.9. The third kappa shape index (κ3) is 1.99. The van der Waals surface area contributed by atoms with E-state index in [0.717, 1.165) is 33.9 Å². The number of hydrogen-bond acceptors (Lipinski definition) is 3. The van der Waals surface area contributed by atoms with E-state index >= 15 is 0 Å². The lowest BCUT2D eigenvalue weighted by Crippen LogP contribution is -2.12. The zero-order valence-corrected chi connectivity index (χ0v) is 11.8. The average molecular weight is 306 g/mol. The summed E-state index contributed by atoms with van der Waals surface area (Å²) in [6.07, 6.45) is 5.87. The minimum Gasteiger partial charge on any atom is -0.323 e. The van der Waals surface area contributed by atoms with Crippen LogP contribution in [-0.2, 0) is 12.8 Å². The van der Waals surface area contributed by atoms with Gasteiger partial charge in [-0.25, -0.2) is 0 Å². The number of fused-ring (bicyclic) bond motifs is 2. The maximum atomic E-state index is 5.75. The molecule has 3 N–H and O–H groups in total. The van der Waals surface area contributed by atoms with E-state index < -0.39 is 0 Å². The van der Waals surface area contributed by atoms with Gasteiger partial charge in [0.25, 0.3) is 0 Å². The minimum atomic E-state index is 1.02. The summed E-state index contributed by atoms with van der Waals surface area (Å²) in [6, 6.07) is 6.16. The summed E-state index contributed by atoms with van der Waals surface area (Å²) >= 11 is 3.51. The van der Waals surface area contributed by atoms with Crippen LogP contribution in [0.1, 0.15) is 30.5 Å². The molecule has 1 aromatic heterocycles. The van der Waals surface area contributed by atoms with E-state index in [9.17, 15) is 0 Å². The lowest BCUT2D eigenvalue weighted by Gasteiger charge is -2.14. The van der Waals surface area contributed by atoms with Crippen LogP contribution in [0, 0.1) is 0 Å². The number of nitrogens with one attached hydrogen (secondary N) is 1. The number of anilines is 1. The fourth-order valence-electron chi connectivity index (χ4n) is 2.74. The zero-order valence-electron chi connectivity index (χ0n) is 10.2. The molecule has 0 bridgehead atoms. The number of nitrogens with two attached hydrogens (primary N) is 1. The van der Waals surface area contributed by atoms with Gasteiger partial charge < -0.3 is 5.43 Å². The molecule has 0 amide bonds. The molecular formula is C14H16BrN3. The molecule has 1 aromatic carbocycles. The number of aryl methyl sites for hydroxylation is 1. The molecule has 18 heavy (non-hydrogen) atoms. The Hall–Kier alpha value is -1.13. The standard InChI is InChI=1S/C14H16BrN3/c15-9-6-7-13-11(8-9)14(18-16)10-4-2-1-3-5-12(10)17-13/h6-8H,1-5,16H2,(H,17,18). The van der Waals surface area contributed by atoms with E-state index in [0.29, 0.717) is 0 Å². The quantitative estimate of drug-likeness (QED) is 0.481. The zero-order chi connectivity index (χ0) is 12.5. The third-order valence-electron chi connectivity index (χ3n) is 3.62. The van der Waals surface area contributed by atoms with Crippen molar-refractivity contribution < 1.29 is 0 Å². The van der Waals surface area contributed by atoms with Crippen LogP contribution in [0.25, 0.3) is 10.9 Å². The van der Waals surface area contributed by atoms with Crippen LogP contribution in [0.3, 0.4) is 0 Å². The smallest absolute Gasteiger partial charge is 0.0727 e. The summed E-state index contributed by atoms with van der Waals surface area (Å²) < 4.78 is 1.06. The Morgan fingerprint density at radius 1 is 1.17 bits per heavy atom. The van der Waals surface area contributed by atoms with Crippen molar-refractivity contribution in [3.05, 3.63) is 33.9 Å². The summed E-state index contributed by atoms with van der Waals surface area (Å²) in [5, 5.41) is 1.10. The lowest BCUT2D eigenvalue weighted by atomic mass is 10.0. The molecule has 0 atom stereocenters. The maximum Gasteiger partial charge on any atom is 0.0727 e. The summed E-state index contributed by atoms with van der Waals surface area (Å²) in [5.74, 6) is 5.75. The third-order valence-corrected chi connectivity index (χ3v) is 4.11. The first-order valence-corrected chi connectivity index (χ1v) is 7.16. The second kappa shape index (κ2) is 4.86. The molecule has 94 valence electrons. The van der Waals surface area contributed by atoms with Crippen molar-refractivity contribution in [2.24, 2.45) is 5.84 Å². The van der Waals surface area contributed by atoms with Crippen molar-refractivity contribution in [3.63, 3.8) is 0 Å². The molecule has 0 radical (unpaired) electrons. The van der Waals surface area contributed by atoms with Gasteiger partial charge in [-0.3, -0.25) is 10.8 Å². The van der Waals surface area contributed by atoms with Crippen LogP contribution in [0.15, 0.2) is 22.7 Å². The number of nitrogen functional groups attached to an aromatic ring is 1. The van der Waals surface area contributed by atoms with Gasteiger partial charge in [0.2, 0.25) is 0 Å². The molecule has 2 aromatic rings. The van der Waals surface area contributed by atoms with Crippen LogP contribution in [0.4, 0.5) is 5.69 Å². The van der Waals surface area contributed by atoms with Crippen molar-refractivity contribution in [1.29, 1.82) is 0 Å². The molecule has 0 unspecified atom stereocenters. The summed E-state index contributed by atoms with van der Waals surface area (Å²) in [4.78, 5) is 4.81. The Bertz CT molecular complexity index is 595. The van der Waals surface area contributed by atoms with Gasteiger partial charge in [0, 0.05) is 15.6 Å². The van der Waals surface area contributed by atoms with Crippen molar-refractivity contribution in [3.8, 4) is 0 Å². The fourth-order valence-corrected chi connectivity index (χ4v) is 3.10. The predicted octanol–water partition coefficient (Wildman–Crippen LogP) is 3.55. The van der Waals surface area contributed by atoms with Gasteiger partial charge in [0.1, 0.15) is 0 Å². The van der Waals surface area contributed by atoms with Crippen LogP contribution in [0.5, 0.6) is 0 Å². The Labute approximate surface area is 115 Å². The molecule has 0 spiro atoms. The highest BCUT2D eigenvalue weighted by Crippen LogP contribution is 2.33. The monoisotopic (exact) mass is 305 g/mol. The predicted molar refractivity (Wildman–Crippen MR) is 78.5 cm³/mol. The van der Waals surface area contributed by atoms with Crippen molar-refractivity contribution in [1.82, 2.24) is 4.98 Å². The molecule has 0 saturated heterocycles. The van der Waals surface area contributed by atoms with E-state index in [1.165, 1.54) is 30.5 Å². The van der Waals surface area contributed by atoms with E-state index in [2.05, 4.69) is 27.4 Å². The highest BCUT2D eigenvalue weighted by Gasteiger charge is 2.16. The Balaban J connectivity index is 2.31. The summed E-state index contributed by atoms with van der Waals surface area (Å²) in [5.41, 5.74) is 7.49. The van der Waals surface area contributed by atoms with Gasteiger partial charge in [0.15, 0.2) is 0 Å². The number of hydrogen-bond donors (Lipinski definition) is 2. The summed E-state index contributed by atoms with van der Waals surface area (Å²) in [6.45, 7) is 0. The topological polar surface area (TPSA) is 50.9 Å². The number of halogens is 1. The number of aromatic nitrogens is 1. The first kappa shape index (κ1) is 11.9. The minimum absolute atomic E-state index is 1.02. The van der Waals surface area contributed by atoms with E-state index in [4.69, 9.17) is 10.8 Å². The molecule has 3 rings (SSSR count). The van der Waals surface area contributed by atoms with Crippen LogP contribution in [0.2, 0.25) is 0 Å². The molecule has 0 saturated carbocycles. The van der Waals surface area contributed by atoms with E-state index in [1.54, 1.807) is 0 Å². The molecule has 0 fully saturated rings. The SMILES string of the molecule is NNc1c2c(nc3ccc(Br)cc13)CCCCC2. The van der Waals surface area contributed by atoms with E-state index in [1.807, 2.05) is 12.1 Å². The van der Waals surface area contributed by atoms with Crippen LogP contribution >= 0.6 is 15.9 Å². The molecule has 0 aliphatic heterocycles. The Morgan fingerprint density at radius 2 is 2.00 bits per heavy atom. The first-order valence-electron chi connectivity index (χ1n) is 6.37. The molecule has 3 nitrogen and oxygen atoms in total. The van der Waals surface area contributed by atoms with Crippen molar-refractivity contribution in [2.75, 3.05) is 5.43 Å². The molecular weight excluding hydrogens is 290 g/mol. The lowest BCUT2D eigenvalue weighted by molar-refractivity contribution is 0.709. The Kier molecular flexibility index (Phi) is 3.22. The van der Waals surface area contributed by atoms with Crippen molar-refractivity contribution in [2.45, 2.75) is 32.1 Å². The highest BCUT2D eigenvalue weighted by molar-refractivity contribution is 9.10. The number of rotatable bonds is 1. The normalized spacial score (nSPS) is 15.2. The van der Waals surface area contributed by atoms with Gasteiger partial charge in [-0.2, -0.15) is 0 Å². The average Bonchev–Trinajstić information content (AvgIpc) is 2.61. The first-order chi connectivity index (χ1) is 8.79. The number of benzene rings is 1. The van der Waals surface area contributed by atoms with Gasteiger partial charge in [-0.15, -0.1) is 0 Å². The fraction of sp³-hybridized carbons (Fsp3) is 0.357. The summed E-state index contributed by atoms with van der Waals surface area (Å²) in [7, 11) is 0. The van der Waals surface area contributed by atoms with Gasteiger partial charge in [0.05, 0.1) is 11.2 Å². The van der Waals surface area contributed by atoms with Crippen LogP contribution in [-0.4, -0.2) is 4.98 Å². The van der Waals surface area contributed by atoms with Crippen LogP contribution < -0.4 is 11.3 Å². The van der Waals surface area contributed by atoms with Crippen molar-refractivity contribution >= 4 is 32.5 Å². The number of hydrazine groups is 1. The molecule has 4 heteroatoms. The largest absolute Gasteiger partial charge is 0.323 e. The maximum absolute atomic E-state index is 5.75. The Morgan fingerprint density at radius 3 is 2.83 bits per heavy atom. The molecule has 1 aliphatic rings. The number of pyridine rings is 1. The number of nitrogens with zero attached hydrogens (tertiary/aromatic N) is 1. The van der Waals surface area contributed by atoms with Gasteiger partial charge >= 0.3 is 0 Å². The van der Waals surface area contributed by atoms with Gasteiger partial charge in [-0.05, 0) is 49.4 Å². The second-order valence-electron chi connectivity index (χ2n) is 4.78. The van der Waals surface area contributed by atoms with Gasteiger partial charge in [-0.1, -0.05) is 22.4 Å². The van der Waals surface area contributed by atoms with E-state index in [-0.39, 0.29) is 0 Å². The second-order valence-corrected chi connectivity index (χ2v) is 5.69.